The van der Waals surface area contributed by atoms with E-state index in [9.17, 15) is 14.0 Å². The van der Waals surface area contributed by atoms with Gasteiger partial charge in [0.2, 0.25) is 0 Å². The highest BCUT2D eigenvalue weighted by atomic mass is 19.1. The highest BCUT2D eigenvalue weighted by Gasteiger charge is 2.23. The van der Waals surface area contributed by atoms with Gasteiger partial charge in [0, 0.05) is 29.3 Å². The Morgan fingerprint density at radius 2 is 1.67 bits per heavy atom. The van der Waals surface area contributed by atoms with E-state index >= 15 is 0 Å². The standard InChI is InChI=1S/C28H26FN5O2/c1-28(2,3)24-15-25(34(33-24)20-13-9-18(29)10-14-20)32-27(36)31-19-11-7-17(8-12-19)21-5-4-6-22-23(21)16-30-26(22)35/h4-15H,16H2,1-3H3,(H,30,35)(H2,31,32,36). The third kappa shape index (κ3) is 4.57. The summed E-state index contributed by atoms with van der Waals surface area (Å²) in [5, 5.41) is 13.2. The van der Waals surface area contributed by atoms with Crippen molar-refractivity contribution in [3.05, 3.63) is 95.4 Å². The number of carbonyl (C=O) groups is 2. The molecule has 1 aromatic heterocycles. The van der Waals surface area contributed by atoms with Gasteiger partial charge in [0.1, 0.15) is 11.6 Å². The minimum atomic E-state index is -0.429. The summed E-state index contributed by atoms with van der Waals surface area (Å²) in [5.74, 6) is 0.0648. The fraction of sp³-hybridized carbons (Fsp3) is 0.179. The maximum atomic E-state index is 13.4. The molecule has 0 saturated carbocycles. The van der Waals surface area contributed by atoms with E-state index < -0.39 is 6.03 Å². The van der Waals surface area contributed by atoms with Crippen LogP contribution in [0.15, 0.2) is 72.8 Å². The molecule has 182 valence electrons. The Hall–Kier alpha value is -4.46. The van der Waals surface area contributed by atoms with Gasteiger partial charge < -0.3 is 10.6 Å². The first-order valence-electron chi connectivity index (χ1n) is 11.6. The molecule has 1 aliphatic heterocycles. The largest absolute Gasteiger partial charge is 0.348 e. The molecule has 3 aromatic carbocycles. The molecular formula is C28H26FN5O2. The summed E-state index contributed by atoms with van der Waals surface area (Å²) >= 11 is 0. The highest BCUT2D eigenvalue weighted by Crippen LogP contribution is 2.30. The normalized spacial score (nSPS) is 12.7. The fourth-order valence-corrected chi connectivity index (χ4v) is 4.15. The predicted octanol–water partition coefficient (Wildman–Crippen LogP) is 5.86. The Morgan fingerprint density at radius 3 is 2.36 bits per heavy atom. The minimum Gasteiger partial charge on any atom is -0.348 e. The van der Waals surface area contributed by atoms with Crippen LogP contribution in [0.2, 0.25) is 0 Å². The SMILES string of the molecule is CC(C)(C)c1cc(NC(=O)Nc2ccc(-c3cccc4c3CNC4=O)cc2)n(-c2ccc(F)cc2)n1. The molecule has 0 radical (unpaired) electrons. The molecule has 1 aliphatic rings. The Bertz CT molecular complexity index is 1450. The lowest BCUT2D eigenvalue weighted by Crippen LogP contribution is -2.21. The zero-order chi connectivity index (χ0) is 25.4. The molecule has 4 aromatic rings. The van der Waals surface area contributed by atoms with Crippen molar-refractivity contribution in [1.82, 2.24) is 15.1 Å². The molecule has 0 fully saturated rings. The van der Waals surface area contributed by atoms with Crippen LogP contribution >= 0.6 is 0 Å². The number of aromatic nitrogens is 2. The van der Waals surface area contributed by atoms with E-state index in [-0.39, 0.29) is 17.1 Å². The summed E-state index contributed by atoms with van der Waals surface area (Å²) < 4.78 is 15.0. The van der Waals surface area contributed by atoms with Gasteiger partial charge in [-0.3, -0.25) is 10.1 Å². The third-order valence-electron chi connectivity index (χ3n) is 6.09. The van der Waals surface area contributed by atoms with Gasteiger partial charge >= 0.3 is 6.03 Å². The Labute approximate surface area is 208 Å². The molecule has 3 amide bonds. The van der Waals surface area contributed by atoms with E-state index in [1.807, 2.05) is 69.3 Å². The topological polar surface area (TPSA) is 88.0 Å². The van der Waals surface area contributed by atoms with E-state index in [4.69, 9.17) is 0 Å². The fourth-order valence-electron chi connectivity index (χ4n) is 4.15. The molecule has 0 spiro atoms. The molecule has 8 heteroatoms. The van der Waals surface area contributed by atoms with Crippen LogP contribution in [0.1, 0.15) is 42.4 Å². The number of nitrogens with one attached hydrogen (secondary N) is 3. The number of urea groups is 1. The molecule has 0 atom stereocenters. The quantitative estimate of drug-likeness (QED) is 0.340. The van der Waals surface area contributed by atoms with Gasteiger partial charge in [0.15, 0.2) is 0 Å². The maximum absolute atomic E-state index is 13.4. The maximum Gasteiger partial charge on any atom is 0.324 e. The number of anilines is 2. The zero-order valence-corrected chi connectivity index (χ0v) is 20.2. The van der Waals surface area contributed by atoms with Gasteiger partial charge in [0.25, 0.3) is 5.91 Å². The van der Waals surface area contributed by atoms with E-state index in [1.165, 1.54) is 12.1 Å². The van der Waals surface area contributed by atoms with Crippen molar-refractivity contribution >= 4 is 23.4 Å². The van der Waals surface area contributed by atoms with Crippen molar-refractivity contribution in [2.45, 2.75) is 32.7 Å². The van der Waals surface area contributed by atoms with Crippen molar-refractivity contribution in [3.63, 3.8) is 0 Å². The third-order valence-corrected chi connectivity index (χ3v) is 6.09. The number of rotatable bonds is 4. The van der Waals surface area contributed by atoms with Crippen LogP contribution in [-0.4, -0.2) is 21.7 Å². The summed E-state index contributed by atoms with van der Waals surface area (Å²) in [6, 6.07) is 20.4. The number of nitrogens with zero attached hydrogens (tertiary/aromatic N) is 2. The van der Waals surface area contributed by atoms with Gasteiger partial charge in [-0.05, 0) is 59.2 Å². The lowest BCUT2D eigenvalue weighted by molar-refractivity contribution is 0.0965. The first kappa shape index (κ1) is 23.3. The van der Waals surface area contributed by atoms with E-state index in [1.54, 1.807) is 16.8 Å². The van der Waals surface area contributed by atoms with Crippen LogP contribution in [-0.2, 0) is 12.0 Å². The summed E-state index contributed by atoms with van der Waals surface area (Å²) in [5.41, 5.74) is 5.40. The smallest absolute Gasteiger partial charge is 0.324 e. The van der Waals surface area contributed by atoms with Crippen LogP contribution in [0.25, 0.3) is 16.8 Å². The average molecular weight is 484 g/mol. The van der Waals surface area contributed by atoms with Crippen LogP contribution in [0.3, 0.4) is 0 Å². The first-order chi connectivity index (χ1) is 17.2. The van der Waals surface area contributed by atoms with E-state index in [0.717, 1.165) is 22.4 Å². The molecule has 7 nitrogen and oxygen atoms in total. The monoisotopic (exact) mass is 483 g/mol. The Kier molecular flexibility index (Phi) is 5.80. The van der Waals surface area contributed by atoms with Gasteiger partial charge in [-0.25, -0.2) is 13.9 Å². The lowest BCUT2D eigenvalue weighted by Gasteiger charge is -2.14. The van der Waals surface area contributed by atoms with Crippen LogP contribution in [0, 0.1) is 5.82 Å². The summed E-state index contributed by atoms with van der Waals surface area (Å²) in [6.07, 6.45) is 0. The van der Waals surface area contributed by atoms with Gasteiger partial charge in [-0.2, -0.15) is 5.10 Å². The second kappa shape index (κ2) is 8.96. The van der Waals surface area contributed by atoms with Gasteiger partial charge in [-0.1, -0.05) is 45.0 Å². The van der Waals surface area contributed by atoms with Gasteiger partial charge in [0.05, 0.1) is 11.4 Å². The van der Waals surface area contributed by atoms with Crippen molar-refractivity contribution in [1.29, 1.82) is 0 Å². The predicted molar refractivity (Wildman–Crippen MR) is 138 cm³/mol. The molecule has 0 unspecified atom stereocenters. The zero-order valence-electron chi connectivity index (χ0n) is 20.2. The Balaban J connectivity index is 1.35. The highest BCUT2D eigenvalue weighted by molar-refractivity contribution is 6.01. The number of hydrogen-bond donors (Lipinski definition) is 3. The molecule has 2 heterocycles. The number of halogens is 1. The molecule has 0 saturated heterocycles. The first-order valence-corrected chi connectivity index (χ1v) is 11.6. The number of carbonyl (C=O) groups excluding carboxylic acids is 2. The van der Waals surface area contributed by atoms with Gasteiger partial charge in [-0.15, -0.1) is 0 Å². The average Bonchev–Trinajstić information content (AvgIpc) is 3.44. The summed E-state index contributed by atoms with van der Waals surface area (Å²) in [6.45, 7) is 6.60. The van der Waals surface area contributed by atoms with Crippen molar-refractivity contribution in [2.75, 3.05) is 10.6 Å². The van der Waals surface area contributed by atoms with Crippen molar-refractivity contribution in [3.8, 4) is 16.8 Å². The second-order valence-corrected chi connectivity index (χ2v) is 9.72. The molecule has 3 N–H and O–H groups in total. The van der Waals surface area contributed by atoms with Crippen LogP contribution in [0.4, 0.5) is 20.7 Å². The summed E-state index contributed by atoms with van der Waals surface area (Å²) in [4.78, 5) is 24.8. The minimum absolute atomic E-state index is 0.0590. The van der Waals surface area contributed by atoms with Crippen molar-refractivity contribution < 1.29 is 14.0 Å². The second-order valence-electron chi connectivity index (χ2n) is 9.72. The molecule has 0 bridgehead atoms. The number of amides is 3. The van der Waals surface area contributed by atoms with E-state index in [2.05, 4.69) is 21.0 Å². The van der Waals surface area contributed by atoms with Crippen molar-refractivity contribution in [2.24, 2.45) is 0 Å². The Morgan fingerprint density at radius 1 is 0.972 bits per heavy atom. The van der Waals surface area contributed by atoms with E-state index in [0.29, 0.717) is 29.3 Å². The molecule has 0 aliphatic carbocycles. The number of benzene rings is 3. The number of hydrogen-bond acceptors (Lipinski definition) is 3. The molecule has 5 rings (SSSR count). The molecular weight excluding hydrogens is 457 g/mol. The lowest BCUT2D eigenvalue weighted by atomic mass is 9.92. The van der Waals surface area contributed by atoms with Crippen LogP contribution in [0.5, 0.6) is 0 Å². The number of fused-ring (bicyclic) bond motifs is 1. The molecule has 36 heavy (non-hydrogen) atoms. The summed E-state index contributed by atoms with van der Waals surface area (Å²) in [7, 11) is 0. The van der Waals surface area contributed by atoms with Crippen LogP contribution < -0.4 is 16.0 Å².